The topological polar surface area (TPSA) is 20.2 Å². The van der Waals surface area contributed by atoms with E-state index in [0.29, 0.717) is 12.5 Å². The van der Waals surface area contributed by atoms with Gasteiger partial charge in [0.25, 0.3) is 0 Å². The zero-order valence-corrected chi connectivity index (χ0v) is 5.71. The molecule has 0 aromatic heterocycles. The molecule has 9 heavy (non-hydrogen) atoms. The number of rotatable bonds is 1. The van der Waals surface area contributed by atoms with Crippen LogP contribution in [0.25, 0.3) is 0 Å². The van der Waals surface area contributed by atoms with Gasteiger partial charge < -0.3 is 5.11 Å². The lowest BCUT2D eigenvalue weighted by Gasteiger charge is -2.03. The summed E-state index contributed by atoms with van der Waals surface area (Å²) >= 11 is 0. The molecule has 52 valence electrons. The number of hydrogen-bond acceptors (Lipinski definition) is 1. The number of aliphatic hydroxyl groups excluding tert-OH is 1. The van der Waals surface area contributed by atoms with Crippen molar-refractivity contribution in [3.05, 3.63) is 12.2 Å². The highest BCUT2D eigenvalue weighted by Gasteiger charge is 2.04. The molecule has 0 saturated heterocycles. The molecule has 1 atom stereocenters. The highest BCUT2D eigenvalue weighted by Crippen LogP contribution is 2.15. The molecule has 0 saturated carbocycles. The van der Waals surface area contributed by atoms with E-state index < -0.39 is 0 Å². The van der Waals surface area contributed by atoms with Crippen LogP contribution in [0.4, 0.5) is 0 Å². The largest absolute Gasteiger partial charge is 0.396 e. The smallest absolute Gasteiger partial charge is 0.0493 e. The van der Waals surface area contributed by atoms with Crippen molar-refractivity contribution in [3.8, 4) is 0 Å². The van der Waals surface area contributed by atoms with Gasteiger partial charge in [0.1, 0.15) is 0 Å². The molecular formula is C8H14O. The molecule has 0 bridgehead atoms. The van der Waals surface area contributed by atoms with Crippen LogP contribution in [0.3, 0.4) is 0 Å². The first-order valence-corrected chi connectivity index (χ1v) is 3.71. The van der Waals surface area contributed by atoms with Gasteiger partial charge in [-0.05, 0) is 25.2 Å². The van der Waals surface area contributed by atoms with Crippen molar-refractivity contribution >= 4 is 0 Å². The second-order valence-electron chi connectivity index (χ2n) is 2.66. The average Bonchev–Trinajstić information content (AvgIpc) is 2.13. The van der Waals surface area contributed by atoms with Crippen molar-refractivity contribution < 1.29 is 5.11 Å². The lowest BCUT2D eigenvalue weighted by atomic mass is 10.1. The van der Waals surface area contributed by atoms with Gasteiger partial charge in [0.15, 0.2) is 0 Å². The van der Waals surface area contributed by atoms with Crippen LogP contribution in [0.1, 0.15) is 25.7 Å². The van der Waals surface area contributed by atoms with Gasteiger partial charge in [-0.2, -0.15) is 0 Å². The van der Waals surface area contributed by atoms with Gasteiger partial charge in [-0.15, -0.1) is 0 Å². The van der Waals surface area contributed by atoms with Gasteiger partial charge >= 0.3 is 0 Å². The predicted molar refractivity (Wildman–Crippen MR) is 38.2 cm³/mol. The highest BCUT2D eigenvalue weighted by molar-refractivity contribution is 4.90. The third-order valence-corrected chi connectivity index (χ3v) is 1.84. The molecule has 0 aromatic rings. The third-order valence-electron chi connectivity index (χ3n) is 1.84. The summed E-state index contributed by atoms with van der Waals surface area (Å²) in [6, 6.07) is 0. The average molecular weight is 126 g/mol. The molecule has 0 spiro atoms. The maximum Gasteiger partial charge on any atom is 0.0493 e. The van der Waals surface area contributed by atoms with E-state index in [4.69, 9.17) is 5.11 Å². The van der Waals surface area contributed by atoms with Crippen molar-refractivity contribution in [2.75, 3.05) is 6.61 Å². The normalized spacial score (nSPS) is 27.9. The van der Waals surface area contributed by atoms with Crippen molar-refractivity contribution in [1.82, 2.24) is 0 Å². The summed E-state index contributed by atoms with van der Waals surface area (Å²) in [7, 11) is 0. The first kappa shape index (κ1) is 6.81. The van der Waals surface area contributed by atoms with E-state index in [0.717, 1.165) is 0 Å². The Hall–Kier alpha value is -0.300. The minimum Gasteiger partial charge on any atom is -0.396 e. The Morgan fingerprint density at radius 3 is 3.11 bits per heavy atom. The standard InChI is InChI=1S/C8H14O/c9-7-8-5-3-1-2-4-6-8/h3,5,8-9H,1-2,4,6-7H2. The summed E-state index contributed by atoms with van der Waals surface area (Å²) in [6.45, 7) is 0.330. The molecule has 1 rings (SSSR count). The lowest BCUT2D eigenvalue weighted by Crippen LogP contribution is -2.00. The fourth-order valence-electron chi connectivity index (χ4n) is 1.21. The summed E-state index contributed by atoms with van der Waals surface area (Å²) < 4.78 is 0. The summed E-state index contributed by atoms with van der Waals surface area (Å²) in [5, 5.41) is 8.76. The van der Waals surface area contributed by atoms with Gasteiger partial charge in [0.2, 0.25) is 0 Å². The monoisotopic (exact) mass is 126 g/mol. The van der Waals surface area contributed by atoms with Crippen LogP contribution in [-0.4, -0.2) is 11.7 Å². The molecule has 1 aliphatic rings. The molecule has 1 N–H and O–H groups in total. The van der Waals surface area contributed by atoms with Crippen LogP contribution in [0, 0.1) is 5.92 Å². The van der Waals surface area contributed by atoms with Crippen molar-refractivity contribution in [2.24, 2.45) is 5.92 Å². The SMILES string of the molecule is OCC1C=CCCCC1. The fraction of sp³-hybridized carbons (Fsp3) is 0.750. The summed E-state index contributed by atoms with van der Waals surface area (Å²) in [5.41, 5.74) is 0. The second-order valence-corrected chi connectivity index (χ2v) is 2.66. The molecular weight excluding hydrogens is 112 g/mol. The minimum absolute atomic E-state index is 0.330. The van der Waals surface area contributed by atoms with E-state index in [1.165, 1.54) is 25.7 Å². The molecule has 0 amide bonds. The number of aliphatic hydroxyl groups is 1. The van der Waals surface area contributed by atoms with E-state index in [1.54, 1.807) is 0 Å². The quantitative estimate of drug-likeness (QED) is 0.530. The van der Waals surface area contributed by atoms with Crippen LogP contribution in [0.5, 0.6) is 0 Å². The Morgan fingerprint density at radius 1 is 1.44 bits per heavy atom. The van der Waals surface area contributed by atoms with E-state index >= 15 is 0 Å². The molecule has 1 heteroatoms. The van der Waals surface area contributed by atoms with Gasteiger partial charge in [0, 0.05) is 6.61 Å². The van der Waals surface area contributed by atoms with Crippen LogP contribution >= 0.6 is 0 Å². The molecule has 1 unspecified atom stereocenters. The minimum atomic E-state index is 0.330. The first-order valence-electron chi connectivity index (χ1n) is 3.71. The highest BCUT2D eigenvalue weighted by atomic mass is 16.3. The van der Waals surface area contributed by atoms with E-state index in [1.807, 2.05) is 0 Å². The number of allylic oxidation sites excluding steroid dienone is 1. The molecule has 0 aromatic carbocycles. The Morgan fingerprint density at radius 2 is 2.33 bits per heavy atom. The maximum atomic E-state index is 8.76. The van der Waals surface area contributed by atoms with Crippen molar-refractivity contribution in [3.63, 3.8) is 0 Å². The lowest BCUT2D eigenvalue weighted by molar-refractivity contribution is 0.245. The van der Waals surface area contributed by atoms with Crippen molar-refractivity contribution in [1.29, 1.82) is 0 Å². The van der Waals surface area contributed by atoms with Crippen LogP contribution in [0.2, 0.25) is 0 Å². The Bertz CT molecular complexity index is 96.7. The fourth-order valence-corrected chi connectivity index (χ4v) is 1.21. The zero-order valence-electron chi connectivity index (χ0n) is 5.71. The molecule has 0 heterocycles. The van der Waals surface area contributed by atoms with Crippen LogP contribution in [0.15, 0.2) is 12.2 Å². The maximum absolute atomic E-state index is 8.76. The van der Waals surface area contributed by atoms with Gasteiger partial charge in [0.05, 0.1) is 0 Å². The molecule has 0 radical (unpaired) electrons. The summed E-state index contributed by atoms with van der Waals surface area (Å²) in [6.07, 6.45) is 9.29. The van der Waals surface area contributed by atoms with Crippen LogP contribution < -0.4 is 0 Å². The third kappa shape index (κ3) is 2.19. The van der Waals surface area contributed by atoms with Gasteiger partial charge in [-0.25, -0.2) is 0 Å². The van der Waals surface area contributed by atoms with Gasteiger partial charge in [-0.3, -0.25) is 0 Å². The van der Waals surface area contributed by atoms with E-state index in [-0.39, 0.29) is 0 Å². The molecule has 0 aliphatic heterocycles. The van der Waals surface area contributed by atoms with Crippen molar-refractivity contribution in [2.45, 2.75) is 25.7 Å². The van der Waals surface area contributed by atoms with E-state index in [2.05, 4.69) is 12.2 Å². The summed E-state index contributed by atoms with van der Waals surface area (Å²) in [4.78, 5) is 0. The van der Waals surface area contributed by atoms with Gasteiger partial charge in [-0.1, -0.05) is 18.6 Å². The molecule has 1 aliphatic carbocycles. The predicted octanol–water partition coefficient (Wildman–Crippen LogP) is 1.73. The molecule has 1 nitrogen and oxygen atoms in total. The second kappa shape index (κ2) is 3.67. The first-order chi connectivity index (χ1) is 4.43. The zero-order chi connectivity index (χ0) is 6.53. The summed E-state index contributed by atoms with van der Waals surface area (Å²) in [5.74, 6) is 0.451. The Labute approximate surface area is 56.4 Å². The van der Waals surface area contributed by atoms with Crippen LogP contribution in [-0.2, 0) is 0 Å². The van der Waals surface area contributed by atoms with E-state index in [9.17, 15) is 0 Å². The number of hydrogen-bond donors (Lipinski definition) is 1. The Balaban J connectivity index is 2.33. The Kier molecular flexibility index (Phi) is 2.78. The molecule has 0 fully saturated rings.